The molecule has 1 aromatic carbocycles. The molecule has 0 spiro atoms. The van der Waals surface area contributed by atoms with Crippen LogP contribution in [0.1, 0.15) is 24.0 Å². The molecule has 1 saturated heterocycles. The zero-order chi connectivity index (χ0) is 14.8. The molecule has 0 bridgehead atoms. The van der Waals surface area contributed by atoms with Gasteiger partial charge in [0.2, 0.25) is 0 Å². The number of piperidine rings is 1. The Balaban J connectivity index is 2.10. The highest BCUT2D eigenvalue weighted by Crippen LogP contribution is 2.34. The van der Waals surface area contributed by atoms with Crippen LogP contribution >= 0.6 is 0 Å². The predicted molar refractivity (Wildman–Crippen MR) is 70.5 cm³/mol. The summed E-state index contributed by atoms with van der Waals surface area (Å²) in [7, 11) is 2.04. The van der Waals surface area contributed by atoms with E-state index in [0.29, 0.717) is 5.75 Å². The van der Waals surface area contributed by atoms with Crippen molar-refractivity contribution in [1.29, 1.82) is 0 Å². The van der Waals surface area contributed by atoms with Crippen LogP contribution in [0.25, 0.3) is 0 Å². The van der Waals surface area contributed by atoms with E-state index < -0.39 is 11.7 Å². The molecule has 0 atom stereocenters. The Kier molecular flexibility index (Phi) is 4.55. The lowest BCUT2D eigenvalue weighted by Crippen LogP contribution is -2.35. The van der Waals surface area contributed by atoms with Gasteiger partial charge >= 0.3 is 6.18 Å². The number of hydrogen-bond acceptors (Lipinski definition) is 3. The van der Waals surface area contributed by atoms with Crippen LogP contribution in [0.3, 0.4) is 0 Å². The largest absolute Gasteiger partial charge is 0.490 e. The van der Waals surface area contributed by atoms with Gasteiger partial charge in [0.1, 0.15) is 11.9 Å². The molecule has 1 aliphatic heterocycles. The molecule has 3 nitrogen and oxygen atoms in total. The number of rotatable bonds is 3. The van der Waals surface area contributed by atoms with Gasteiger partial charge in [-0.2, -0.15) is 13.2 Å². The van der Waals surface area contributed by atoms with E-state index in [1.807, 2.05) is 7.05 Å². The first-order valence-electron chi connectivity index (χ1n) is 6.65. The summed E-state index contributed by atoms with van der Waals surface area (Å²) in [5.41, 5.74) is 4.79. The van der Waals surface area contributed by atoms with Gasteiger partial charge in [-0.15, -0.1) is 0 Å². The van der Waals surface area contributed by atoms with Crippen LogP contribution in [0.5, 0.6) is 5.75 Å². The summed E-state index contributed by atoms with van der Waals surface area (Å²) in [6.07, 6.45) is -2.54. The minimum Gasteiger partial charge on any atom is -0.490 e. The number of hydrogen-bond donors (Lipinski definition) is 1. The molecule has 2 N–H and O–H groups in total. The van der Waals surface area contributed by atoms with E-state index in [2.05, 4.69) is 4.90 Å². The van der Waals surface area contributed by atoms with Crippen molar-refractivity contribution >= 4 is 0 Å². The Labute approximate surface area is 116 Å². The summed E-state index contributed by atoms with van der Waals surface area (Å²) in [6.45, 7) is 1.73. The molecular formula is C14H19F3N2O. The van der Waals surface area contributed by atoms with Crippen LogP contribution in [-0.4, -0.2) is 31.1 Å². The van der Waals surface area contributed by atoms with Crippen molar-refractivity contribution in [2.24, 2.45) is 5.73 Å². The van der Waals surface area contributed by atoms with Crippen molar-refractivity contribution in [3.63, 3.8) is 0 Å². The first-order chi connectivity index (χ1) is 9.40. The summed E-state index contributed by atoms with van der Waals surface area (Å²) in [6, 6.07) is 3.83. The van der Waals surface area contributed by atoms with E-state index in [-0.39, 0.29) is 18.2 Å². The third-order valence-corrected chi connectivity index (χ3v) is 3.57. The molecule has 1 aromatic rings. The fraction of sp³-hybridized carbons (Fsp3) is 0.571. The van der Waals surface area contributed by atoms with Crippen molar-refractivity contribution in [1.82, 2.24) is 4.90 Å². The van der Waals surface area contributed by atoms with Gasteiger partial charge in [-0.05, 0) is 43.7 Å². The van der Waals surface area contributed by atoms with Gasteiger partial charge in [0, 0.05) is 19.6 Å². The van der Waals surface area contributed by atoms with Crippen LogP contribution in [0.4, 0.5) is 13.2 Å². The lowest BCUT2D eigenvalue weighted by molar-refractivity contribution is -0.138. The fourth-order valence-corrected chi connectivity index (χ4v) is 2.38. The zero-order valence-electron chi connectivity index (χ0n) is 11.4. The topological polar surface area (TPSA) is 38.5 Å². The van der Waals surface area contributed by atoms with Crippen molar-refractivity contribution in [3.05, 3.63) is 29.3 Å². The highest BCUT2D eigenvalue weighted by molar-refractivity contribution is 5.37. The zero-order valence-corrected chi connectivity index (χ0v) is 11.4. The van der Waals surface area contributed by atoms with Gasteiger partial charge in [-0.25, -0.2) is 0 Å². The fourth-order valence-electron chi connectivity index (χ4n) is 2.38. The number of nitrogens with two attached hydrogens (primary N) is 1. The summed E-state index contributed by atoms with van der Waals surface area (Å²) in [5, 5.41) is 0. The predicted octanol–water partition coefficient (Wildman–Crippen LogP) is 2.64. The molecule has 0 amide bonds. The lowest BCUT2D eigenvalue weighted by Gasteiger charge is -2.29. The molecule has 2 rings (SSSR count). The van der Waals surface area contributed by atoms with Gasteiger partial charge in [0.05, 0.1) is 5.56 Å². The molecular weight excluding hydrogens is 269 g/mol. The second kappa shape index (κ2) is 6.01. The van der Waals surface area contributed by atoms with E-state index in [0.717, 1.165) is 32.0 Å². The highest BCUT2D eigenvalue weighted by Gasteiger charge is 2.33. The average molecular weight is 288 g/mol. The molecule has 1 fully saturated rings. The number of likely N-dealkylation sites (tertiary alicyclic amines) is 1. The van der Waals surface area contributed by atoms with E-state index in [4.69, 9.17) is 10.5 Å². The molecule has 1 heterocycles. The van der Waals surface area contributed by atoms with Crippen molar-refractivity contribution in [3.8, 4) is 5.75 Å². The minimum atomic E-state index is -4.37. The maximum atomic E-state index is 12.8. The van der Waals surface area contributed by atoms with Crippen LogP contribution in [-0.2, 0) is 12.7 Å². The quantitative estimate of drug-likeness (QED) is 0.929. The van der Waals surface area contributed by atoms with Crippen LogP contribution in [0, 0.1) is 0 Å². The second-order valence-electron chi connectivity index (χ2n) is 5.14. The SMILES string of the molecule is CN1CCC(Oc2ccc(C(F)(F)F)c(CN)c2)CC1. The van der Waals surface area contributed by atoms with E-state index in [9.17, 15) is 13.2 Å². The molecule has 0 saturated carbocycles. The van der Waals surface area contributed by atoms with Gasteiger partial charge in [-0.1, -0.05) is 0 Å². The Hall–Kier alpha value is -1.27. The molecule has 0 unspecified atom stereocenters. The first kappa shape index (κ1) is 15.1. The van der Waals surface area contributed by atoms with E-state index in [1.165, 1.54) is 12.1 Å². The molecule has 1 aliphatic rings. The number of ether oxygens (including phenoxy) is 1. The number of halogens is 3. The molecule has 6 heteroatoms. The number of nitrogens with zero attached hydrogens (tertiary/aromatic N) is 1. The molecule has 0 radical (unpaired) electrons. The summed E-state index contributed by atoms with van der Waals surface area (Å²) >= 11 is 0. The second-order valence-corrected chi connectivity index (χ2v) is 5.14. The third kappa shape index (κ3) is 3.64. The molecule has 0 aliphatic carbocycles. The van der Waals surface area contributed by atoms with Crippen molar-refractivity contribution < 1.29 is 17.9 Å². The Bertz CT molecular complexity index is 454. The van der Waals surface area contributed by atoms with Gasteiger partial charge in [0.25, 0.3) is 0 Å². The summed E-state index contributed by atoms with van der Waals surface area (Å²) < 4.78 is 44.1. The maximum Gasteiger partial charge on any atom is 0.416 e. The highest BCUT2D eigenvalue weighted by atomic mass is 19.4. The Morgan fingerprint density at radius 1 is 1.30 bits per heavy atom. The van der Waals surface area contributed by atoms with Crippen LogP contribution < -0.4 is 10.5 Å². The van der Waals surface area contributed by atoms with Crippen LogP contribution in [0.15, 0.2) is 18.2 Å². The maximum absolute atomic E-state index is 12.8. The van der Waals surface area contributed by atoms with Gasteiger partial charge in [-0.3, -0.25) is 0 Å². The summed E-state index contributed by atoms with van der Waals surface area (Å²) in [4.78, 5) is 2.21. The smallest absolute Gasteiger partial charge is 0.416 e. The normalized spacial score (nSPS) is 18.2. The van der Waals surface area contributed by atoms with E-state index >= 15 is 0 Å². The van der Waals surface area contributed by atoms with Crippen molar-refractivity contribution in [2.75, 3.05) is 20.1 Å². The Morgan fingerprint density at radius 2 is 1.95 bits per heavy atom. The van der Waals surface area contributed by atoms with Gasteiger partial charge in [0.15, 0.2) is 0 Å². The first-order valence-corrected chi connectivity index (χ1v) is 6.65. The Morgan fingerprint density at radius 3 is 2.50 bits per heavy atom. The molecule has 20 heavy (non-hydrogen) atoms. The molecule has 0 aromatic heterocycles. The third-order valence-electron chi connectivity index (χ3n) is 3.57. The lowest BCUT2D eigenvalue weighted by atomic mass is 10.1. The van der Waals surface area contributed by atoms with Crippen LogP contribution in [0.2, 0.25) is 0 Å². The summed E-state index contributed by atoms with van der Waals surface area (Å²) in [5.74, 6) is 0.466. The van der Waals surface area contributed by atoms with Crippen molar-refractivity contribution in [2.45, 2.75) is 31.7 Å². The molecule has 112 valence electrons. The average Bonchev–Trinajstić information content (AvgIpc) is 2.40. The number of alkyl halides is 3. The monoisotopic (exact) mass is 288 g/mol. The van der Waals surface area contributed by atoms with E-state index in [1.54, 1.807) is 0 Å². The minimum absolute atomic E-state index is 0.0635. The number of benzene rings is 1. The standard InChI is InChI=1S/C14H19F3N2O/c1-19-6-4-11(5-7-19)20-12-2-3-13(14(15,16)17)10(8-12)9-18/h2-3,8,11H,4-7,9,18H2,1H3. The van der Waals surface area contributed by atoms with Gasteiger partial charge < -0.3 is 15.4 Å².